The van der Waals surface area contributed by atoms with Gasteiger partial charge in [0.25, 0.3) is 0 Å². The van der Waals surface area contributed by atoms with Crippen molar-refractivity contribution in [2.24, 2.45) is 5.92 Å². The number of urea groups is 1. The van der Waals surface area contributed by atoms with E-state index < -0.39 is 11.5 Å². The number of carboxylic acids is 1. The van der Waals surface area contributed by atoms with Crippen molar-refractivity contribution < 1.29 is 14.7 Å². The van der Waals surface area contributed by atoms with Gasteiger partial charge in [0.05, 0.1) is 6.42 Å². The summed E-state index contributed by atoms with van der Waals surface area (Å²) in [6, 6.07) is 0.269. The zero-order valence-corrected chi connectivity index (χ0v) is 12.5. The number of rotatable bonds is 3. The Morgan fingerprint density at radius 1 is 1.20 bits per heavy atom. The van der Waals surface area contributed by atoms with Crippen LogP contribution in [0.5, 0.6) is 0 Å². The van der Waals surface area contributed by atoms with E-state index in [1.54, 1.807) is 13.8 Å². The van der Waals surface area contributed by atoms with Gasteiger partial charge in [-0.3, -0.25) is 4.79 Å². The van der Waals surface area contributed by atoms with Crippen molar-refractivity contribution in [3.8, 4) is 0 Å². The molecule has 5 nitrogen and oxygen atoms in total. The summed E-state index contributed by atoms with van der Waals surface area (Å²) in [7, 11) is 0. The van der Waals surface area contributed by atoms with Crippen LogP contribution in [0, 0.1) is 5.92 Å². The number of carbonyl (C=O) groups excluding carboxylic acids is 1. The molecule has 1 heterocycles. The molecule has 1 saturated carbocycles. The number of likely N-dealkylation sites (tertiary alicyclic amines) is 1. The Morgan fingerprint density at radius 3 is 2.55 bits per heavy atom. The zero-order chi connectivity index (χ0) is 14.8. The molecule has 0 aromatic carbocycles. The van der Waals surface area contributed by atoms with Crippen LogP contribution in [0.2, 0.25) is 0 Å². The van der Waals surface area contributed by atoms with E-state index in [0.29, 0.717) is 12.0 Å². The Kier molecular flexibility index (Phi) is 4.55. The minimum absolute atomic E-state index is 0.0549. The van der Waals surface area contributed by atoms with Crippen molar-refractivity contribution in [3.05, 3.63) is 0 Å². The largest absolute Gasteiger partial charge is 0.481 e. The highest BCUT2D eigenvalue weighted by atomic mass is 16.4. The molecule has 0 aromatic heterocycles. The van der Waals surface area contributed by atoms with Crippen LogP contribution in [-0.4, -0.2) is 40.1 Å². The molecule has 2 N–H and O–H groups in total. The first kappa shape index (κ1) is 15.1. The summed E-state index contributed by atoms with van der Waals surface area (Å²) in [5, 5.41) is 11.8. The minimum atomic E-state index is -0.885. The maximum absolute atomic E-state index is 12.5. The molecule has 0 radical (unpaired) electrons. The number of fused-ring (bicyclic) bond motifs is 1. The maximum Gasteiger partial charge on any atom is 0.318 e. The summed E-state index contributed by atoms with van der Waals surface area (Å²) >= 11 is 0. The van der Waals surface area contributed by atoms with Gasteiger partial charge < -0.3 is 15.3 Å². The number of hydrogen-bond acceptors (Lipinski definition) is 2. The number of hydrogen-bond donors (Lipinski definition) is 2. The molecule has 0 spiro atoms. The van der Waals surface area contributed by atoms with Crippen LogP contribution in [0.4, 0.5) is 4.79 Å². The van der Waals surface area contributed by atoms with E-state index in [4.69, 9.17) is 5.11 Å². The molecular weight excluding hydrogens is 256 g/mol. The van der Waals surface area contributed by atoms with E-state index in [9.17, 15) is 9.59 Å². The minimum Gasteiger partial charge on any atom is -0.481 e. The molecule has 0 unspecified atom stereocenters. The number of nitrogens with zero attached hydrogens (tertiary/aromatic N) is 1. The van der Waals surface area contributed by atoms with Crippen molar-refractivity contribution in [1.82, 2.24) is 10.2 Å². The highest BCUT2D eigenvalue weighted by Gasteiger charge is 2.37. The topological polar surface area (TPSA) is 69.6 Å². The number of nitrogens with one attached hydrogen (secondary N) is 1. The van der Waals surface area contributed by atoms with Crippen LogP contribution in [-0.2, 0) is 4.79 Å². The van der Waals surface area contributed by atoms with Gasteiger partial charge in [-0.25, -0.2) is 4.79 Å². The molecule has 1 aliphatic carbocycles. The molecule has 0 bridgehead atoms. The van der Waals surface area contributed by atoms with E-state index in [1.165, 1.54) is 25.7 Å². The lowest BCUT2D eigenvalue weighted by atomic mass is 9.78. The summed E-state index contributed by atoms with van der Waals surface area (Å²) < 4.78 is 0. The number of amides is 2. The summed E-state index contributed by atoms with van der Waals surface area (Å²) in [5.41, 5.74) is -0.704. The van der Waals surface area contributed by atoms with E-state index in [0.717, 1.165) is 19.4 Å². The van der Waals surface area contributed by atoms with Crippen LogP contribution in [0.1, 0.15) is 58.8 Å². The lowest BCUT2D eigenvalue weighted by Crippen LogP contribution is -2.57. The Balaban J connectivity index is 1.98. The Labute approximate surface area is 120 Å². The molecule has 5 heteroatoms. The SMILES string of the molecule is CC(C)(CC(=O)O)NC(=O)N1CCC[C@H]2CCCC[C@H]21. The van der Waals surface area contributed by atoms with Crippen molar-refractivity contribution in [1.29, 1.82) is 0 Å². The first-order valence-corrected chi connectivity index (χ1v) is 7.70. The van der Waals surface area contributed by atoms with Crippen LogP contribution < -0.4 is 5.32 Å². The standard InChI is InChI=1S/C15H26N2O3/c1-15(2,10-13(18)19)16-14(20)17-9-5-7-11-6-3-4-8-12(11)17/h11-12H,3-10H2,1-2H3,(H,16,20)(H,18,19)/t11-,12-/m1/s1. The molecule has 1 saturated heterocycles. The van der Waals surface area contributed by atoms with Crippen LogP contribution in [0.15, 0.2) is 0 Å². The fourth-order valence-electron chi connectivity index (χ4n) is 3.66. The third-order valence-electron chi connectivity index (χ3n) is 4.54. The number of piperidine rings is 1. The summed E-state index contributed by atoms with van der Waals surface area (Å²) in [4.78, 5) is 25.3. The van der Waals surface area contributed by atoms with Crippen molar-refractivity contribution in [2.75, 3.05) is 6.54 Å². The fourth-order valence-corrected chi connectivity index (χ4v) is 3.66. The number of carboxylic acid groups (broad SMARTS) is 1. The van der Waals surface area contributed by atoms with Gasteiger partial charge in [-0.05, 0) is 45.4 Å². The van der Waals surface area contributed by atoms with Gasteiger partial charge in [-0.1, -0.05) is 12.8 Å². The summed E-state index contributed by atoms with van der Waals surface area (Å²) in [6.45, 7) is 4.33. The fraction of sp³-hybridized carbons (Fsp3) is 0.867. The lowest BCUT2D eigenvalue weighted by molar-refractivity contribution is -0.138. The molecule has 0 aromatic rings. The monoisotopic (exact) mass is 282 g/mol. The molecule has 2 fully saturated rings. The van der Waals surface area contributed by atoms with Gasteiger partial charge in [-0.15, -0.1) is 0 Å². The van der Waals surface area contributed by atoms with Crippen molar-refractivity contribution >= 4 is 12.0 Å². The van der Waals surface area contributed by atoms with Gasteiger partial charge in [0.1, 0.15) is 0 Å². The van der Waals surface area contributed by atoms with Gasteiger partial charge in [-0.2, -0.15) is 0 Å². The number of aliphatic carboxylic acids is 1. The molecule has 2 atom stereocenters. The Morgan fingerprint density at radius 2 is 1.85 bits per heavy atom. The van der Waals surface area contributed by atoms with E-state index in [-0.39, 0.29) is 12.5 Å². The first-order valence-electron chi connectivity index (χ1n) is 7.70. The smallest absolute Gasteiger partial charge is 0.318 e. The van der Waals surface area contributed by atoms with Gasteiger partial charge in [0, 0.05) is 18.1 Å². The Hall–Kier alpha value is -1.26. The first-order chi connectivity index (χ1) is 9.39. The van der Waals surface area contributed by atoms with Crippen LogP contribution in [0.3, 0.4) is 0 Å². The van der Waals surface area contributed by atoms with Crippen molar-refractivity contribution in [2.45, 2.75) is 70.4 Å². The third-order valence-corrected chi connectivity index (χ3v) is 4.54. The average molecular weight is 282 g/mol. The quantitative estimate of drug-likeness (QED) is 0.836. The van der Waals surface area contributed by atoms with Gasteiger partial charge >= 0.3 is 12.0 Å². The van der Waals surface area contributed by atoms with E-state index in [1.807, 2.05) is 4.90 Å². The van der Waals surface area contributed by atoms with E-state index in [2.05, 4.69) is 5.32 Å². The number of carbonyl (C=O) groups is 2. The predicted molar refractivity (Wildman–Crippen MR) is 76.5 cm³/mol. The van der Waals surface area contributed by atoms with Gasteiger partial charge in [0.2, 0.25) is 0 Å². The van der Waals surface area contributed by atoms with Crippen LogP contribution >= 0.6 is 0 Å². The van der Waals surface area contributed by atoms with Crippen LogP contribution in [0.25, 0.3) is 0 Å². The summed E-state index contributed by atoms with van der Waals surface area (Å²) in [5.74, 6) is -0.240. The summed E-state index contributed by atoms with van der Waals surface area (Å²) in [6.07, 6.45) is 7.04. The molecule has 1 aliphatic heterocycles. The molecular formula is C15H26N2O3. The highest BCUT2D eigenvalue weighted by Crippen LogP contribution is 2.35. The normalized spacial score (nSPS) is 26.8. The molecule has 2 amide bonds. The second-order valence-electron chi connectivity index (χ2n) is 6.83. The zero-order valence-electron chi connectivity index (χ0n) is 12.5. The molecule has 114 valence electrons. The predicted octanol–water partition coefficient (Wildman–Crippen LogP) is 2.60. The molecule has 2 rings (SSSR count). The van der Waals surface area contributed by atoms with Gasteiger partial charge in [0.15, 0.2) is 0 Å². The lowest BCUT2D eigenvalue weighted by Gasteiger charge is -2.45. The second kappa shape index (κ2) is 6.02. The molecule has 20 heavy (non-hydrogen) atoms. The average Bonchev–Trinajstić information content (AvgIpc) is 2.35. The third kappa shape index (κ3) is 3.64. The van der Waals surface area contributed by atoms with Crippen molar-refractivity contribution in [3.63, 3.8) is 0 Å². The highest BCUT2D eigenvalue weighted by molar-refractivity contribution is 5.77. The van der Waals surface area contributed by atoms with E-state index >= 15 is 0 Å². The second-order valence-corrected chi connectivity index (χ2v) is 6.83. The Bertz CT molecular complexity index is 379. The maximum atomic E-state index is 12.5. The molecule has 2 aliphatic rings.